The predicted octanol–water partition coefficient (Wildman–Crippen LogP) is 4.14. The van der Waals surface area contributed by atoms with Gasteiger partial charge in [-0.2, -0.15) is 0 Å². The van der Waals surface area contributed by atoms with Crippen molar-refractivity contribution in [2.45, 2.75) is 38.9 Å². The van der Waals surface area contributed by atoms with E-state index in [0.717, 1.165) is 11.1 Å². The van der Waals surface area contributed by atoms with Crippen LogP contribution in [0.1, 0.15) is 36.7 Å². The summed E-state index contributed by atoms with van der Waals surface area (Å²) in [5.41, 5.74) is 3.34. The molecule has 5 rings (SSSR count). The fourth-order valence-electron chi connectivity index (χ4n) is 4.42. The van der Waals surface area contributed by atoms with Crippen molar-refractivity contribution < 1.29 is 17.9 Å². The maximum atomic E-state index is 13.9. The average molecular weight is 602 g/mol. The van der Waals surface area contributed by atoms with Crippen LogP contribution in [0.2, 0.25) is 0 Å². The SMILES string of the molecule is COc1cccc(OC)c1-n1c(NS(=O)(=O)[C@H](C)[C@@H](C)c2nccc(-c3ncc(C)cn3)n2)nnc1-c1cncc(C)c1. The molecule has 0 bridgehead atoms. The van der Waals surface area contributed by atoms with Gasteiger partial charge in [0, 0.05) is 42.5 Å². The first kappa shape index (κ1) is 29.5. The molecule has 2 atom stereocenters. The molecule has 0 spiro atoms. The molecular weight excluding hydrogens is 570 g/mol. The average Bonchev–Trinajstić information content (AvgIpc) is 3.42. The van der Waals surface area contributed by atoms with Gasteiger partial charge in [0.15, 0.2) is 11.6 Å². The van der Waals surface area contributed by atoms with Crippen LogP contribution in [0.15, 0.2) is 61.3 Å². The standard InChI is InChI=1S/C29H31N9O4S/c1-17-12-21(16-30-13-17)28-35-36-29(38(28)25-23(41-5)8-7-9-24(25)42-6)37-43(39,40)20(4)19(3)26-31-11-10-22(34-26)27-32-14-18(2)15-33-27/h7-16,19-20H,1-6H3,(H,36,37)/t19-,20-/m1/s1. The highest BCUT2D eigenvalue weighted by atomic mass is 32.2. The Hall–Kier alpha value is -4.98. The number of hydrogen-bond donors (Lipinski definition) is 1. The number of benzene rings is 1. The fraction of sp³-hybridized carbons (Fsp3) is 0.276. The molecule has 13 nitrogen and oxygen atoms in total. The van der Waals surface area contributed by atoms with Gasteiger partial charge in [-0.25, -0.2) is 28.4 Å². The second-order valence-electron chi connectivity index (χ2n) is 9.97. The molecule has 0 aliphatic rings. The largest absolute Gasteiger partial charge is 0.494 e. The minimum absolute atomic E-state index is 0.0546. The molecule has 1 N–H and O–H groups in total. The number of nitrogens with one attached hydrogen (secondary N) is 1. The molecule has 0 aliphatic carbocycles. The second-order valence-corrected chi connectivity index (χ2v) is 12.0. The molecule has 0 saturated carbocycles. The Morgan fingerprint density at radius 2 is 1.58 bits per heavy atom. The van der Waals surface area contributed by atoms with Crippen molar-refractivity contribution >= 4 is 16.0 Å². The van der Waals surface area contributed by atoms with Gasteiger partial charge in [-0.15, -0.1) is 10.2 Å². The van der Waals surface area contributed by atoms with E-state index in [2.05, 4.69) is 39.8 Å². The van der Waals surface area contributed by atoms with Gasteiger partial charge in [0.05, 0.1) is 19.5 Å². The normalized spacial score (nSPS) is 12.9. The number of pyridine rings is 1. The van der Waals surface area contributed by atoms with Gasteiger partial charge in [-0.1, -0.05) is 13.0 Å². The summed E-state index contributed by atoms with van der Waals surface area (Å²) in [6.07, 6.45) is 8.29. The third-order valence-electron chi connectivity index (χ3n) is 6.94. The number of rotatable bonds is 10. The molecule has 1 aromatic carbocycles. The summed E-state index contributed by atoms with van der Waals surface area (Å²) in [6.45, 7) is 7.12. The number of hydrogen-bond acceptors (Lipinski definition) is 11. The maximum Gasteiger partial charge on any atom is 0.243 e. The highest BCUT2D eigenvalue weighted by Crippen LogP contribution is 2.38. The summed E-state index contributed by atoms with van der Waals surface area (Å²) < 4.78 is 43.2. The van der Waals surface area contributed by atoms with Crippen LogP contribution in [-0.2, 0) is 10.0 Å². The number of sulfonamides is 1. The lowest BCUT2D eigenvalue weighted by Gasteiger charge is -2.21. The molecule has 222 valence electrons. The van der Waals surface area contributed by atoms with E-state index in [1.54, 1.807) is 73.7 Å². The molecule has 0 unspecified atom stereocenters. The molecule has 5 aromatic rings. The summed E-state index contributed by atoms with van der Waals surface area (Å²) in [5, 5.41) is 7.62. The van der Waals surface area contributed by atoms with Gasteiger partial charge in [-0.05, 0) is 56.2 Å². The van der Waals surface area contributed by atoms with Crippen molar-refractivity contribution in [1.29, 1.82) is 0 Å². The Labute approximate surface area is 249 Å². The molecular formula is C29H31N9O4S. The number of nitrogens with zero attached hydrogens (tertiary/aromatic N) is 8. The van der Waals surface area contributed by atoms with Gasteiger partial charge in [0.25, 0.3) is 0 Å². The molecule has 43 heavy (non-hydrogen) atoms. The van der Waals surface area contributed by atoms with Gasteiger partial charge in [0.1, 0.15) is 28.7 Å². The van der Waals surface area contributed by atoms with Gasteiger partial charge < -0.3 is 9.47 Å². The predicted molar refractivity (Wildman–Crippen MR) is 161 cm³/mol. The van der Waals surface area contributed by atoms with E-state index in [9.17, 15) is 8.42 Å². The number of anilines is 1. The molecule has 4 aromatic heterocycles. The van der Waals surface area contributed by atoms with Crippen LogP contribution in [0.25, 0.3) is 28.6 Å². The van der Waals surface area contributed by atoms with Crippen LogP contribution < -0.4 is 14.2 Å². The number of methoxy groups -OCH3 is 2. The summed E-state index contributed by atoms with van der Waals surface area (Å²) in [7, 11) is -1.04. The highest BCUT2D eigenvalue weighted by molar-refractivity contribution is 7.93. The van der Waals surface area contributed by atoms with E-state index < -0.39 is 21.2 Å². The first-order chi connectivity index (χ1) is 20.6. The first-order valence-electron chi connectivity index (χ1n) is 13.3. The van der Waals surface area contributed by atoms with Crippen molar-refractivity contribution in [3.05, 3.63) is 78.3 Å². The number of aromatic nitrogens is 8. The van der Waals surface area contributed by atoms with Crippen LogP contribution in [0.4, 0.5) is 5.95 Å². The molecule has 4 heterocycles. The third kappa shape index (κ3) is 6.00. The summed E-state index contributed by atoms with van der Waals surface area (Å²) >= 11 is 0. The minimum Gasteiger partial charge on any atom is -0.494 e. The van der Waals surface area contributed by atoms with Crippen molar-refractivity contribution in [1.82, 2.24) is 39.7 Å². The maximum absolute atomic E-state index is 13.9. The molecule has 14 heteroatoms. The summed E-state index contributed by atoms with van der Waals surface area (Å²) in [5.74, 6) is 1.28. The fourth-order valence-corrected chi connectivity index (χ4v) is 5.65. The lowest BCUT2D eigenvalue weighted by atomic mass is 10.1. The number of para-hydroxylation sites is 1. The van der Waals surface area contributed by atoms with Crippen LogP contribution in [0.3, 0.4) is 0 Å². The van der Waals surface area contributed by atoms with Gasteiger partial charge >= 0.3 is 0 Å². The Bertz CT molecular complexity index is 1840. The van der Waals surface area contributed by atoms with Crippen molar-refractivity contribution in [3.63, 3.8) is 0 Å². The van der Waals surface area contributed by atoms with E-state index in [4.69, 9.17) is 9.47 Å². The molecule has 0 fully saturated rings. The van der Waals surface area contributed by atoms with E-state index >= 15 is 0 Å². The smallest absolute Gasteiger partial charge is 0.243 e. The van der Waals surface area contributed by atoms with Crippen LogP contribution in [0, 0.1) is 13.8 Å². The molecule has 0 saturated heterocycles. The molecule has 0 radical (unpaired) electrons. The van der Waals surface area contributed by atoms with Gasteiger partial charge in [-0.3, -0.25) is 14.3 Å². The lowest BCUT2D eigenvalue weighted by Crippen LogP contribution is -2.31. The Balaban J connectivity index is 1.54. The van der Waals surface area contributed by atoms with Crippen molar-refractivity contribution in [2.24, 2.45) is 0 Å². The first-order valence-corrected chi connectivity index (χ1v) is 14.9. The van der Waals surface area contributed by atoms with Crippen LogP contribution in [0.5, 0.6) is 11.5 Å². The number of ether oxygens (including phenoxy) is 2. The van der Waals surface area contributed by atoms with Crippen molar-refractivity contribution in [2.75, 3.05) is 18.9 Å². The number of aryl methyl sites for hydroxylation is 2. The summed E-state index contributed by atoms with van der Waals surface area (Å²) in [4.78, 5) is 21.9. The zero-order chi connectivity index (χ0) is 30.7. The van der Waals surface area contributed by atoms with Crippen molar-refractivity contribution in [3.8, 4) is 40.1 Å². The highest BCUT2D eigenvalue weighted by Gasteiger charge is 2.32. The quantitative estimate of drug-likeness (QED) is 0.245. The lowest BCUT2D eigenvalue weighted by molar-refractivity contribution is 0.391. The van der Waals surface area contributed by atoms with Gasteiger partial charge in [0.2, 0.25) is 16.0 Å². The zero-order valence-corrected chi connectivity index (χ0v) is 25.4. The zero-order valence-electron chi connectivity index (χ0n) is 24.5. The van der Waals surface area contributed by atoms with E-state index in [-0.39, 0.29) is 5.95 Å². The molecule has 0 aliphatic heterocycles. The van der Waals surface area contributed by atoms with E-state index in [1.807, 2.05) is 19.9 Å². The second kappa shape index (κ2) is 12.1. The topological polar surface area (TPSA) is 160 Å². The summed E-state index contributed by atoms with van der Waals surface area (Å²) in [6, 6.07) is 8.80. The Morgan fingerprint density at radius 1 is 0.884 bits per heavy atom. The van der Waals surface area contributed by atoms with Crippen LogP contribution in [-0.4, -0.2) is 67.6 Å². The third-order valence-corrected chi connectivity index (χ3v) is 8.79. The van der Waals surface area contributed by atoms with E-state index in [1.165, 1.54) is 14.2 Å². The minimum atomic E-state index is -4.07. The van der Waals surface area contributed by atoms with Crippen LogP contribution >= 0.6 is 0 Å². The Kier molecular flexibility index (Phi) is 8.30. The van der Waals surface area contributed by atoms with E-state index in [0.29, 0.717) is 45.9 Å². The molecule has 0 amide bonds. The monoisotopic (exact) mass is 601 g/mol. The Morgan fingerprint density at radius 3 is 2.23 bits per heavy atom.